The molecule has 0 aliphatic rings. The number of aromatic nitrogens is 2. The van der Waals surface area contributed by atoms with Crippen LogP contribution in [0.1, 0.15) is 27.7 Å². The molecule has 2 rings (SSSR count). The number of nitrogen functional groups attached to an aromatic ring is 1. The number of nitrogens with one attached hydrogen (secondary N) is 1. The Bertz CT molecular complexity index is 352. The number of nitrogens with two attached hydrogens (primary N) is 1. The Hall–Kier alpha value is -1.51. The summed E-state index contributed by atoms with van der Waals surface area (Å²) in [6, 6.07) is 5.69. The van der Waals surface area contributed by atoms with E-state index in [2.05, 4.69) is 9.97 Å². The molecule has 3 heteroatoms. The third-order valence-corrected chi connectivity index (χ3v) is 1.43. The van der Waals surface area contributed by atoms with Gasteiger partial charge in [-0.05, 0) is 18.2 Å². The maximum Gasteiger partial charge on any atom is 0.139 e. The van der Waals surface area contributed by atoms with Crippen LogP contribution < -0.4 is 5.73 Å². The molecule has 3 N–H and O–H groups in total. The number of H-pyrrole nitrogens is 1. The Morgan fingerprint density at radius 2 is 1.71 bits per heavy atom. The first-order valence-electron chi connectivity index (χ1n) is 5.06. The molecular formula is C11H19N3. The van der Waals surface area contributed by atoms with Gasteiger partial charge in [0.15, 0.2) is 0 Å². The first-order valence-corrected chi connectivity index (χ1v) is 5.06. The molecule has 0 spiro atoms. The highest BCUT2D eigenvalue weighted by atomic mass is 14.9. The summed E-state index contributed by atoms with van der Waals surface area (Å²) in [7, 11) is 0. The van der Waals surface area contributed by atoms with Gasteiger partial charge in [-0.25, -0.2) is 4.98 Å². The number of pyridine rings is 1. The van der Waals surface area contributed by atoms with Crippen LogP contribution in [0.4, 0.5) is 5.82 Å². The van der Waals surface area contributed by atoms with E-state index >= 15 is 0 Å². The van der Waals surface area contributed by atoms with Gasteiger partial charge >= 0.3 is 0 Å². The molecule has 0 aliphatic carbocycles. The Morgan fingerprint density at radius 1 is 1.07 bits per heavy atom. The molecule has 3 nitrogen and oxygen atoms in total. The van der Waals surface area contributed by atoms with E-state index in [4.69, 9.17) is 5.73 Å². The van der Waals surface area contributed by atoms with Crippen molar-refractivity contribution in [2.75, 3.05) is 5.73 Å². The molecule has 2 aromatic heterocycles. The van der Waals surface area contributed by atoms with Crippen LogP contribution in [0.5, 0.6) is 0 Å². The zero-order chi connectivity index (χ0) is 11.0. The van der Waals surface area contributed by atoms with E-state index in [9.17, 15) is 0 Å². The lowest BCUT2D eigenvalue weighted by atomic mass is 10.3. The van der Waals surface area contributed by atoms with Gasteiger partial charge < -0.3 is 10.7 Å². The fourth-order valence-corrected chi connectivity index (χ4v) is 0.945. The van der Waals surface area contributed by atoms with Gasteiger partial charge in [0.05, 0.1) is 0 Å². The molecule has 0 amide bonds. The van der Waals surface area contributed by atoms with Crippen molar-refractivity contribution in [2.45, 2.75) is 27.7 Å². The van der Waals surface area contributed by atoms with E-state index < -0.39 is 0 Å². The third kappa shape index (κ3) is 3.09. The van der Waals surface area contributed by atoms with Crippen LogP contribution in [0, 0.1) is 0 Å². The molecule has 0 saturated heterocycles. The average molecular weight is 193 g/mol. The average Bonchev–Trinajstić information content (AvgIpc) is 2.71. The van der Waals surface area contributed by atoms with E-state index in [1.54, 1.807) is 6.07 Å². The van der Waals surface area contributed by atoms with Gasteiger partial charge in [-0.1, -0.05) is 27.7 Å². The van der Waals surface area contributed by atoms with E-state index in [0.29, 0.717) is 5.82 Å². The van der Waals surface area contributed by atoms with Crippen LogP contribution >= 0.6 is 0 Å². The normalized spacial score (nSPS) is 8.29. The summed E-state index contributed by atoms with van der Waals surface area (Å²) in [6.45, 7) is 8.00. The van der Waals surface area contributed by atoms with Gasteiger partial charge in [0, 0.05) is 11.6 Å². The molecule has 0 atom stereocenters. The molecule has 0 bridgehead atoms. The van der Waals surface area contributed by atoms with Crippen molar-refractivity contribution in [1.82, 2.24) is 9.97 Å². The maximum atomic E-state index is 5.45. The summed E-state index contributed by atoms with van der Waals surface area (Å²) in [6.07, 6.45) is 1.84. The lowest BCUT2D eigenvalue weighted by Gasteiger charge is -1.89. The largest absolute Gasteiger partial charge is 0.384 e. The zero-order valence-electron chi connectivity index (χ0n) is 9.33. The molecule has 0 fully saturated rings. The minimum absolute atomic E-state index is 0.551. The second kappa shape index (κ2) is 6.95. The monoisotopic (exact) mass is 193 g/mol. The van der Waals surface area contributed by atoms with Crippen molar-refractivity contribution in [3.05, 3.63) is 24.4 Å². The van der Waals surface area contributed by atoms with E-state index in [0.717, 1.165) is 11.0 Å². The number of hydrogen-bond donors (Lipinski definition) is 2. The van der Waals surface area contributed by atoms with Crippen molar-refractivity contribution in [3.63, 3.8) is 0 Å². The van der Waals surface area contributed by atoms with Crippen molar-refractivity contribution in [2.24, 2.45) is 0 Å². The molecule has 78 valence electrons. The third-order valence-electron chi connectivity index (χ3n) is 1.43. The lowest BCUT2D eigenvalue weighted by molar-refractivity contribution is 1.33. The van der Waals surface area contributed by atoms with E-state index in [1.165, 1.54) is 0 Å². The van der Waals surface area contributed by atoms with Gasteiger partial charge in [0.2, 0.25) is 0 Å². The summed E-state index contributed by atoms with van der Waals surface area (Å²) in [5.41, 5.74) is 6.30. The van der Waals surface area contributed by atoms with Crippen LogP contribution in [0.3, 0.4) is 0 Å². The Kier molecular flexibility index (Phi) is 6.20. The predicted octanol–water partition coefficient (Wildman–Crippen LogP) is 3.20. The minimum atomic E-state index is 0.551. The Balaban J connectivity index is 0.000000379. The van der Waals surface area contributed by atoms with Crippen molar-refractivity contribution in [1.29, 1.82) is 0 Å². The summed E-state index contributed by atoms with van der Waals surface area (Å²) in [4.78, 5) is 7.03. The number of aromatic amines is 1. The highest BCUT2D eigenvalue weighted by molar-refractivity contribution is 5.76. The SMILES string of the molecule is CC.CC.Nc1ccc2cc[nH]c2n1. The van der Waals surface area contributed by atoms with E-state index in [-0.39, 0.29) is 0 Å². The number of fused-ring (bicyclic) bond motifs is 1. The van der Waals surface area contributed by atoms with Gasteiger partial charge in [-0.15, -0.1) is 0 Å². The summed E-state index contributed by atoms with van der Waals surface area (Å²) in [5, 5.41) is 1.09. The van der Waals surface area contributed by atoms with Crippen LogP contribution in [0.2, 0.25) is 0 Å². The zero-order valence-corrected chi connectivity index (χ0v) is 9.33. The van der Waals surface area contributed by atoms with E-state index in [1.807, 2.05) is 46.0 Å². The molecule has 2 heterocycles. The summed E-state index contributed by atoms with van der Waals surface area (Å²) >= 11 is 0. The molecule has 0 radical (unpaired) electrons. The van der Waals surface area contributed by atoms with Crippen molar-refractivity contribution >= 4 is 16.9 Å². The maximum absolute atomic E-state index is 5.45. The second-order valence-electron chi connectivity index (χ2n) is 2.15. The highest BCUT2D eigenvalue weighted by Crippen LogP contribution is 2.10. The van der Waals surface area contributed by atoms with Crippen LogP contribution in [-0.4, -0.2) is 9.97 Å². The quantitative estimate of drug-likeness (QED) is 0.675. The first-order chi connectivity index (χ1) is 6.86. The lowest BCUT2D eigenvalue weighted by Crippen LogP contribution is -1.88. The number of anilines is 1. The molecule has 0 aromatic carbocycles. The second-order valence-corrected chi connectivity index (χ2v) is 2.15. The molecule has 0 saturated carbocycles. The molecule has 0 aliphatic heterocycles. The van der Waals surface area contributed by atoms with Crippen molar-refractivity contribution < 1.29 is 0 Å². The Morgan fingerprint density at radius 3 is 2.36 bits per heavy atom. The predicted molar refractivity (Wildman–Crippen MR) is 63.2 cm³/mol. The van der Waals surface area contributed by atoms with Gasteiger partial charge in [-0.2, -0.15) is 0 Å². The molecule has 2 aromatic rings. The summed E-state index contributed by atoms with van der Waals surface area (Å²) < 4.78 is 0. The standard InChI is InChI=1S/C7H7N3.2C2H6/c8-6-2-1-5-3-4-9-7(5)10-6;2*1-2/h1-4H,(H3,8,9,10);2*1-2H3. The summed E-state index contributed by atoms with van der Waals surface area (Å²) in [5.74, 6) is 0.551. The van der Waals surface area contributed by atoms with Gasteiger partial charge in [0.25, 0.3) is 0 Å². The van der Waals surface area contributed by atoms with Crippen molar-refractivity contribution in [3.8, 4) is 0 Å². The fourth-order valence-electron chi connectivity index (χ4n) is 0.945. The number of hydrogen-bond acceptors (Lipinski definition) is 2. The van der Waals surface area contributed by atoms with Crippen LogP contribution in [0.25, 0.3) is 11.0 Å². The fraction of sp³-hybridized carbons (Fsp3) is 0.364. The smallest absolute Gasteiger partial charge is 0.139 e. The van der Waals surface area contributed by atoms with Gasteiger partial charge in [0.1, 0.15) is 11.5 Å². The van der Waals surface area contributed by atoms with Crippen LogP contribution in [-0.2, 0) is 0 Å². The Labute approximate surface area is 85.4 Å². The minimum Gasteiger partial charge on any atom is -0.384 e. The number of nitrogens with zero attached hydrogens (tertiary/aromatic N) is 1. The molecular weight excluding hydrogens is 174 g/mol. The topological polar surface area (TPSA) is 54.7 Å². The number of rotatable bonds is 0. The van der Waals surface area contributed by atoms with Gasteiger partial charge in [-0.3, -0.25) is 0 Å². The first kappa shape index (κ1) is 12.5. The van der Waals surface area contributed by atoms with Crippen LogP contribution in [0.15, 0.2) is 24.4 Å². The molecule has 0 unspecified atom stereocenters. The highest BCUT2D eigenvalue weighted by Gasteiger charge is 1.93. The molecule has 14 heavy (non-hydrogen) atoms.